The molecule has 0 spiro atoms. The van der Waals surface area contributed by atoms with E-state index in [9.17, 15) is 4.79 Å². The van der Waals surface area contributed by atoms with Crippen molar-refractivity contribution >= 4 is 5.78 Å². The third kappa shape index (κ3) is 2.46. The molecule has 1 fully saturated rings. The number of carbonyl (C=O) groups excluding carboxylic acids is 1. The normalized spacial score (nSPS) is 33.5. The van der Waals surface area contributed by atoms with E-state index in [4.69, 9.17) is 0 Å². The zero-order valence-electron chi connectivity index (χ0n) is 9.73. The first-order valence-corrected chi connectivity index (χ1v) is 5.62. The highest BCUT2D eigenvalue weighted by molar-refractivity contribution is 5.78. The maximum Gasteiger partial charge on any atom is 0.132 e. The van der Waals surface area contributed by atoms with Gasteiger partial charge in [0.2, 0.25) is 0 Å². The molecule has 1 aliphatic carbocycles. The van der Waals surface area contributed by atoms with Crippen LogP contribution in [0.1, 0.15) is 52.9 Å². The maximum atomic E-state index is 11.3. The molecular weight excluding hydrogens is 172 g/mol. The summed E-state index contributed by atoms with van der Waals surface area (Å²) in [6.45, 7) is 10.2. The Bertz CT molecular complexity index is 242. The van der Waals surface area contributed by atoms with Gasteiger partial charge in [0.1, 0.15) is 5.78 Å². The Morgan fingerprint density at radius 2 is 1.93 bits per heavy atom. The fourth-order valence-corrected chi connectivity index (χ4v) is 2.33. The van der Waals surface area contributed by atoms with Gasteiger partial charge >= 0.3 is 0 Å². The lowest BCUT2D eigenvalue weighted by Crippen LogP contribution is -2.17. The highest BCUT2D eigenvalue weighted by Crippen LogP contribution is 2.41. The summed E-state index contributed by atoms with van der Waals surface area (Å²) >= 11 is 0. The molecule has 0 heterocycles. The summed E-state index contributed by atoms with van der Waals surface area (Å²) in [5, 5.41) is 0. The summed E-state index contributed by atoms with van der Waals surface area (Å²) in [5.41, 5.74) is 1.56. The standard InChI is InChI=1S/C13H22O/c1-10(2)13(4)8-5-6-12(7-9-13)11(3)14/h12H,1,5-9H2,2-4H3. The van der Waals surface area contributed by atoms with Gasteiger partial charge in [-0.3, -0.25) is 4.79 Å². The summed E-state index contributed by atoms with van der Waals surface area (Å²) < 4.78 is 0. The molecule has 0 radical (unpaired) electrons. The lowest BCUT2D eigenvalue weighted by molar-refractivity contribution is -0.121. The number of allylic oxidation sites excluding steroid dienone is 1. The first-order chi connectivity index (χ1) is 6.46. The van der Waals surface area contributed by atoms with E-state index in [1.165, 1.54) is 18.4 Å². The Hall–Kier alpha value is -0.590. The average Bonchev–Trinajstić information content (AvgIpc) is 2.28. The van der Waals surface area contributed by atoms with Crippen LogP contribution in [0.2, 0.25) is 0 Å². The van der Waals surface area contributed by atoms with Gasteiger partial charge in [-0.1, -0.05) is 25.5 Å². The maximum absolute atomic E-state index is 11.3. The number of Topliss-reactive ketones (excluding diaryl/α,β-unsaturated/α-hetero) is 1. The summed E-state index contributed by atoms with van der Waals surface area (Å²) in [5.74, 6) is 0.687. The van der Waals surface area contributed by atoms with Gasteiger partial charge in [-0.05, 0) is 44.9 Å². The fraction of sp³-hybridized carbons (Fsp3) is 0.769. The molecule has 0 aromatic heterocycles. The summed E-state index contributed by atoms with van der Waals surface area (Å²) in [4.78, 5) is 11.3. The molecule has 0 saturated heterocycles. The van der Waals surface area contributed by atoms with E-state index in [1.807, 2.05) is 0 Å². The van der Waals surface area contributed by atoms with Crippen LogP contribution in [0.5, 0.6) is 0 Å². The first-order valence-electron chi connectivity index (χ1n) is 5.62. The molecule has 80 valence electrons. The minimum absolute atomic E-state index is 0.282. The largest absolute Gasteiger partial charge is 0.300 e. The van der Waals surface area contributed by atoms with Gasteiger partial charge in [-0.25, -0.2) is 0 Å². The van der Waals surface area contributed by atoms with Gasteiger partial charge in [0.25, 0.3) is 0 Å². The van der Waals surface area contributed by atoms with E-state index in [0.717, 1.165) is 19.3 Å². The Morgan fingerprint density at radius 3 is 2.43 bits per heavy atom. The number of rotatable bonds is 2. The van der Waals surface area contributed by atoms with Crippen LogP contribution in [0.15, 0.2) is 12.2 Å². The average molecular weight is 194 g/mol. The van der Waals surface area contributed by atoms with Crippen LogP contribution in [0.4, 0.5) is 0 Å². The Balaban J connectivity index is 2.65. The van der Waals surface area contributed by atoms with E-state index in [0.29, 0.717) is 11.7 Å². The topological polar surface area (TPSA) is 17.1 Å². The Labute approximate surface area is 87.6 Å². The summed E-state index contributed by atoms with van der Waals surface area (Å²) in [6, 6.07) is 0. The molecule has 14 heavy (non-hydrogen) atoms. The lowest BCUT2D eigenvalue weighted by atomic mass is 9.77. The zero-order valence-corrected chi connectivity index (χ0v) is 9.73. The number of hydrogen-bond acceptors (Lipinski definition) is 1. The van der Waals surface area contributed by atoms with Crippen LogP contribution in [0.3, 0.4) is 0 Å². The third-order valence-corrected chi connectivity index (χ3v) is 3.93. The highest BCUT2D eigenvalue weighted by Gasteiger charge is 2.30. The van der Waals surface area contributed by atoms with Crippen molar-refractivity contribution in [3.8, 4) is 0 Å². The zero-order chi connectivity index (χ0) is 10.8. The molecule has 1 nitrogen and oxygen atoms in total. The quantitative estimate of drug-likeness (QED) is 0.483. The predicted molar refractivity (Wildman–Crippen MR) is 60.2 cm³/mol. The third-order valence-electron chi connectivity index (χ3n) is 3.93. The molecule has 1 aliphatic rings. The van der Waals surface area contributed by atoms with Crippen molar-refractivity contribution in [3.63, 3.8) is 0 Å². The Kier molecular flexibility index (Phi) is 3.52. The van der Waals surface area contributed by atoms with Crippen molar-refractivity contribution in [1.82, 2.24) is 0 Å². The lowest BCUT2D eigenvalue weighted by Gasteiger charge is -2.28. The van der Waals surface area contributed by atoms with Crippen molar-refractivity contribution in [2.75, 3.05) is 0 Å². The van der Waals surface area contributed by atoms with Gasteiger partial charge < -0.3 is 0 Å². The van der Waals surface area contributed by atoms with Crippen LogP contribution in [0, 0.1) is 11.3 Å². The second-order valence-corrected chi connectivity index (χ2v) is 5.08. The molecule has 0 amide bonds. The van der Waals surface area contributed by atoms with Crippen molar-refractivity contribution in [2.45, 2.75) is 52.9 Å². The van der Waals surface area contributed by atoms with Crippen LogP contribution in [-0.4, -0.2) is 5.78 Å². The van der Waals surface area contributed by atoms with Gasteiger partial charge in [-0.2, -0.15) is 0 Å². The van der Waals surface area contributed by atoms with Gasteiger partial charge in [0.15, 0.2) is 0 Å². The molecule has 0 aliphatic heterocycles. The second kappa shape index (κ2) is 4.29. The minimum atomic E-state index is 0.282. The molecular formula is C13H22O. The Morgan fingerprint density at radius 1 is 1.29 bits per heavy atom. The first kappa shape index (κ1) is 11.5. The monoisotopic (exact) mass is 194 g/mol. The number of hydrogen-bond donors (Lipinski definition) is 0. The van der Waals surface area contributed by atoms with Crippen molar-refractivity contribution in [1.29, 1.82) is 0 Å². The van der Waals surface area contributed by atoms with Gasteiger partial charge in [-0.15, -0.1) is 0 Å². The molecule has 1 heteroatoms. The van der Waals surface area contributed by atoms with Crippen molar-refractivity contribution in [2.24, 2.45) is 11.3 Å². The van der Waals surface area contributed by atoms with Crippen molar-refractivity contribution in [3.05, 3.63) is 12.2 Å². The van der Waals surface area contributed by atoms with Crippen molar-refractivity contribution < 1.29 is 4.79 Å². The van der Waals surface area contributed by atoms with Crippen LogP contribution in [0.25, 0.3) is 0 Å². The number of carbonyl (C=O) groups is 1. The molecule has 0 aromatic rings. The molecule has 1 saturated carbocycles. The fourth-order valence-electron chi connectivity index (χ4n) is 2.33. The molecule has 2 unspecified atom stereocenters. The van der Waals surface area contributed by atoms with E-state index >= 15 is 0 Å². The molecule has 0 N–H and O–H groups in total. The molecule has 1 rings (SSSR count). The van der Waals surface area contributed by atoms with Crippen LogP contribution >= 0.6 is 0 Å². The molecule has 0 bridgehead atoms. The van der Waals surface area contributed by atoms with E-state index < -0.39 is 0 Å². The smallest absolute Gasteiger partial charge is 0.132 e. The van der Waals surface area contributed by atoms with Crippen LogP contribution < -0.4 is 0 Å². The second-order valence-electron chi connectivity index (χ2n) is 5.08. The van der Waals surface area contributed by atoms with E-state index in [-0.39, 0.29) is 5.41 Å². The molecule has 2 atom stereocenters. The number of ketones is 1. The van der Waals surface area contributed by atoms with Gasteiger partial charge in [0, 0.05) is 5.92 Å². The summed E-state index contributed by atoms with van der Waals surface area (Å²) in [7, 11) is 0. The predicted octanol–water partition coefficient (Wildman–Crippen LogP) is 3.74. The highest BCUT2D eigenvalue weighted by atomic mass is 16.1. The van der Waals surface area contributed by atoms with Gasteiger partial charge in [0.05, 0.1) is 0 Å². The summed E-state index contributed by atoms with van der Waals surface area (Å²) in [6.07, 6.45) is 5.64. The van der Waals surface area contributed by atoms with Crippen LogP contribution in [-0.2, 0) is 4.79 Å². The minimum Gasteiger partial charge on any atom is -0.300 e. The SMILES string of the molecule is C=C(C)C1(C)CCCC(C(C)=O)CC1. The van der Waals surface area contributed by atoms with E-state index in [1.54, 1.807) is 6.92 Å². The van der Waals surface area contributed by atoms with E-state index in [2.05, 4.69) is 20.4 Å². The molecule has 0 aromatic carbocycles.